The Labute approximate surface area is 128 Å². The van der Waals surface area contributed by atoms with Crippen molar-refractivity contribution in [2.45, 2.75) is 20.0 Å². The Morgan fingerprint density at radius 1 is 1.05 bits per heavy atom. The van der Waals surface area contributed by atoms with Crippen LogP contribution in [0.3, 0.4) is 0 Å². The highest BCUT2D eigenvalue weighted by Gasteiger charge is 2.19. The molecule has 2 rings (SSSR count). The Bertz CT molecular complexity index is 603. The number of aryl methyl sites for hydroxylation is 2. The molecule has 1 unspecified atom stereocenters. The van der Waals surface area contributed by atoms with Crippen molar-refractivity contribution in [3.63, 3.8) is 0 Å². The van der Waals surface area contributed by atoms with Gasteiger partial charge in [0.1, 0.15) is 11.9 Å². The van der Waals surface area contributed by atoms with E-state index in [4.69, 9.17) is 0 Å². The molecular formula is C15H13Br2FO. The maximum atomic E-state index is 13.3. The smallest absolute Gasteiger partial charge is 0.123 e. The molecule has 0 aliphatic rings. The summed E-state index contributed by atoms with van der Waals surface area (Å²) < 4.78 is 15.0. The minimum Gasteiger partial charge on any atom is -0.384 e. The average Bonchev–Trinajstić information content (AvgIpc) is 2.30. The molecule has 1 atom stereocenters. The van der Waals surface area contributed by atoms with Crippen LogP contribution in [0.5, 0.6) is 0 Å². The highest BCUT2D eigenvalue weighted by atomic mass is 79.9. The predicted octanol–water partition coefficient (Wildman–Crippen LogP) is 5.05. The maximum absolute atomic E-state index is 13.3. The van der Waals surface area contributed by atoms with E-state index in [1.54, 1.807) is 13.8 Å². The second kappa shape index (κ2) is 5.73. The average molecular weight is 388 g/mol. The number of hydrogen-bond acceptors (Lipinski definition) is 1. The molecule has 1 N–H and O–H groups in total. The maximum Gasteiger partial charge on any atom is 0.123 e. The molecule has 0 radical (unpaired) electrons. The second-order valence-electron chi connectivity index (χ2n) is 4.52. The predicted molar refractivity (Wildman–Crippen MR) is 81.8 cm³/mol. The Hall–Kier alpha value is -0.710. The Balaban J connectivity index is 2.56. The highest BCUT2D eigenvalue weighted by Crippen LogP contribution is 2.34. The summed E-state index contributed by atoms with van der Waals surface area (Å²) in [5, 5.41) is 10.6. The van der Waals surface area contributed by atoms with Crippen molar-refractivity contribution in [1.29, 1.82) is 0 Å². The molecule has 0 aliphatic heterocycles. The normalized spacial score (nSPS) is 12.5. The summed E-state index contributed by atoms with van der Waals surface area (Å²) in [6.45, 7) is 3.61. The van der Waals surface area contributed by atoms with Crippen molar-refractivity contribution in [3.05, 3.63) is 67.3 Å². The second-order valence-corrected chi connectivity index (χ2v) is 6.29. The summed E-state index contributed by atoms with van der Waals surface area (Å²) in [4.78, 5) is 0. The molecule has 0 aromatic heterocycles. The van der Waals surface area contributed by atoms with Gasteiger partial charge >= 0.3 is 0 Å². The van der Waals surface area contributed by atoms with Crippen LogP contribution in [0.25, 0.3) is 0 Å². The van der Waals surface area contributed by atoms with Gasteiger partial charge in [0.15, 0.2) is 0 Å². The fourth-order valence-electron chi connectivity index (χ4n) is 2.23. The molecular weight excluding hydrogens is 375 g/mol. The van der Waals surface area contributed by atoms with E-state index in [1.807, 2.05) is 18.2 Å². The number of hydrogen-bond donors (Lipinski definition) is 1. The van der Waals surface area contributed by atoms with Gasteiger partial charge < -0.3 is 5.11 Å². The van der Waals surface area contributed by atoms with Crippen molar-refractivity contribution >= 4 is 31.9 Å². The van der Waals surface area contributed by atoms with Crippen LogP contribution in [-0.2, 0) is 0 Å². The lowest BCUT2D eigenvalue weighted by molar-refractivity contribution is 0.218. The minimum atomic E-state index is -0.785. The Kier molecular flexibility index (Phi) is 4.43. The molecule has 0 fully saturated rings. The van der Waals surface area contributed by atoms with Gasteiger partial charge in [0, 0.05) is 14.5 Å². The molecule has 2 aromatic rings. The van der Waals surface area contributed by atoms with Crippen LogP contribution in [-0.4, -0.2) is 5.11 Å². The van der Waals surface area contributed by atoms with E-state index < -0.39 is 6.10 Å². The van der Waals surface area contributed by atoms with Crippen LogP contribution < -0.4 is 0 Å². The highest BCUT2D eigenvalue weighted by molar-refractivity contribution is 9.11. The van der Waals surface area contributed by atoms with Crippen LogP contribution >= 0.6 is 31.9 Å². The summed E-state index contributed by atoms with van der Waals surface area (Å²) in [6.07, 6.45) is -0.785. The molecule has 0 aliphatic carbocycles. The lowest BCUT2D eigenvalue weighted by Gasteiger charge is -2.18. The van der Waals surface area contributed by atoms with Gasteiger partial charge in [0.05, 0.1) is 0 Å². The van der Waals surface area contributed by atoms with Gasteiger partial charge in [0.2, 0.25) is 0 Å². The van der Waals surface area contributed by atoms with Gasteiger partial charge in [-0.15, -0.1) is 0 Å². The minimum absolute atomic E-state index is 0.278. The van der Waals surface area contributed by atoms with Gasteiger partial charge in [-0.05, 0) is 60.9 Å². The van der Waals surface area contributed by atoms with E-state index in [2.05, 4.69) is 31.9 Å². The quantitative estimate of drug-likeness (QED) is 0.764. The van der Waals surface area contributed by atoms with Crippen LogP contribution in [0, 0.1) is 19.7 Å². The molecule has 0 spiro atoms. The first-order chi connectivity index (χ1) is 8.90. The van der Waals surface area contributed by atoms with Crippen molar-refractivity contribution < 1.29 is 9.50 Å². The van der Waals surface area contributed by atoms with Gasteiger partial charge in [-0.25, -0.2) is 4.39 Å². The van der Waals surface area contributed by atoms with Gasteiger partial charge in [-0.3, -0.25) is 0 Å². The number of halogens is 3. The van der Waals surface area contributed by atoms with Gasteiger partial charge in [-0.1, -0.05) is 31.9 Å². The molecule has 4 heteroatoms. The van der Waals surface area contributed by atoms with E-state index in [9.17, 15) is 9.50 Å². The number of rotatable bonds is 2. The first-order valence-electron chi connectivity index (χ1n) is 5.80. The van der Waals surface area contributed by atoms with Gasteiger partial charge in [-0.2, -0.15) is 0 Å². The molecule has 0 saturated carbocycles. The zero-order valence-corrected chi connectivity index (χ0v) is 13.7. The zero-order chi connectivity index (χ0) is 14.2. The lowest BCUT2D eigenvalue weighted by Crippen LogP contribution is -2.06. The first-order valence-corrected chi connectivity index (χ1v) is 7.38. The van der Waals surface area contributed by atoms with E-state index in [1.165, 1.54) is 12.1 Å². The van der Waals surface area contributed by atoms with Crippen molar-refractivity contribution in [1.82, 2.24) is 0 Å². The Morgan fingerprint density at radius 2 is 1.63 bits per heavy atom. The number of aliphatic hydroxyl groups is 1. The molecule has 2 aromatic carbocycles. The van der Waals surface area contributed by atoms with Crippen molar-refractivity contribution in [2.24, 2.45) is 0 Å². The summed E-state index contributed by atoms with van der Waals surface area (Å²) >= 11 is 6.83. The third-order valence-electron chi connectivity index (χ3n) is 3.08. The molecule has 0 saturated heterocycles. The standard InChI is InChI=1S/C15H13Br2FO/c1-8-5-11(18)6-9(2)14(8)15(19)12-7-10(16)3-4-13(12)17/h3-7,15,19H,1-2H3. The van der Waals surface area contributed by atoms with E-state index in [-0.39, 0.29) is 5.82 Å². The van der Waals surface area contributed by atoms with Crippen LogP contribution in [0.15, 0.2) is 39.3 Å². The number of benzene rings is 2. The first kappa shape index (κ1) is 14.7. The fourth-order valence-corrected chi connectivity index (χ4v) is 3.08. The fraction of sp³-hybridized carbons (Fsp3) is 0.200. The van der Waals surface area contributed by atoms with E-state index >= 15 is 0 Å². The molecule has 0 bridgehead atoms. The summed E-state index contributed by atoms with van der Waals surface area (Å²) in [6, 6.07) is 8.51. The van der Waals surface area contributed by atoms with Crippen molar-refractivity contribution in [3.8, 4) is 0 Å². The SMILES string of the molecule is Cc1cc(F)cc(C)c1C(O)c1cc(Br)ccc1Br. The van der Waals surface area contributed by atoms with Gasteiger partial charge in [0.25, 0.3) is 0 Å². The largest absolute Gasteiger partial charge is 0.384 e. The third kappa shape index (κ3) is 3.07. The molecule has 100 valence electrons. The number of aliphatic hydroxyl groups excluding tert-OH is 1. The summed E-state index contributed by atoms with van der Waals surface area (Å²) in [7, 11) is 0. The van der Waals surface area contributed by atoms with Crippen molar-refractivity contribution in [2.75, 3.05) is 0 Å². The summed E-state index contributed by atoms with van der Waals surface area (Å²) in [5.74, 6) is -0.278. The molecule has 0 heterocycles. The third-order valence-corrected chi connectivity index (χ3v) is 4.30. The molecule has 0 amide bonds. The van der Waals surface area contributed by atoms with E-state index in [0.29, 0.717) is 0 Å². The van der Waals surface area contributed by atoms with Crippen LogP contribution in [0.2, 0.25) is 0 Å². The molecule has 1 nitrogen and oxygen atoms in total. The van der Waals surface area contributed by atoms with Crippen LogP contribution in [0.4, 0.5) is 4.39 Å². The topological polar surface area (TPSA) is 20.2 Å². The lowest BCUT2D eigenvalue weighted by atomic mass is 9.93. The Morgan fingerprint density at radius 3 is 2.21 bits per heavy atom. The zero-order valence-electron chi connectivity index (χ0n) is 10.5. The monoisotopic (exact) mass is 386 g/mol. The summed E-state index contributed by atoms with van der Waals surface area (Å²) in [5.41, 5.74) is 3.00. The molecule has 19 heavy (non-hydrogen) atoms. The van der Waals surface area contributed by atoms with E-state index in [0.717, 1.165) is 31.2 Å². The van der Waals surface area contributed by atoms with Crippen LogP contribution in [0.1, 0.15) is 28.4 Å².